The molecule has 1 saturated heterocycles. The molecular weight excluding hydrogens is 208 g/mol. The molecule has 0 amide bonds. The quantitative estimate of drug-likeness (QED) is 0.493. The van der Waals surface area contributed by atoms with Gasteiger partial charge in [0.2, 0.25) is 0 Å². The van der Waals surface area contributed by atoms with Gasteiger partial charge < -0.3 is 29.5 Å². The predicted molar refractivity (Wildman–Crippen MR) is 45.9 cm³/mol. The molecule has 1 rings (SSSR count). The maximum atomic E-state index is 10.6. The summed E-state index contributed by atoms with van der Waals surface area (Å²) in [7, 11) is 1.14. The van der Waals surface area contributed by atoms with Crippen molar-refractivity contribution in [3.63, 3.8) is 0 Å². The van der Waals surface area contributed by atoms with E-state index in [0.717, 1.165) is 7.11 Å². The van der Waals surface area contributed by atoms with E-state index in [1.165, 1.54) is 0 Å². The van der Waals surface area contributed by atoms with E-state index in [9.17, 15) is 15.0 Å². The lowest BCUT2D eigenvalue weighted by molar-refractivity contribution is -0.240. The molecule has 0 radical (unpaired) electrons. The predicted octanol–water partition coefficient (Wildman–Crippen LogP) is -1.40. The molecule has 0 aromatic carbocycles. The molecular formula is C8H14O7. The molecule has 1 fully saturated rings. The number of hydrogen-bond acceptors (Lipinski definition) is 7. The van der Waals surface area contributed by atoms with Crippen LogP contribution >= 0.6 is 0 Å². The lowest BCUT2D eigenvalue weighted by Crippen LogP contribution is -2.50. The van der Waals surface area contributed by atoms with Crippen molar-refractivity contribution >= 4 is 6.16 Å². The summed E-state index contributed by atoms with van der Waals surface area (Å²) in [5, 5.41) is 27.8. The summed E-state index contributed by atoms with van der Waals surface area (Å²) in [6, 6.07) is 0. The fourth-order valence-corrected chi connectivity index (χ4v) is 1.28. The first-order valence-corrected chi connectivity index (χ1v) is 4.45. The highest BCUT2D eigenvalue weighted by molar-refractivity contribution is 5.59. The zero-order valence-corrected chi connectivity index (χ0v) is 8.20. The number of carbonyl (C=O) groups is 1. The van der Waals surface area contributed by atoms with Gasteiger partial charge in [0, 0.05) is 6.42 Å². The van der Waals surface area contributed by atoms with Crippen molar-refractivity contribution in [1.82, 2.24) is 0 Å². The maximum absolute atomic E-state index is 10.6. The highest BCUT2D eigenvalue weighted by Crippen LogP contribution is 2.19. The van der Waals surface area contributed by atoms with E-state index in [1.807, 2.05) is 0 Å². The standard InChI is InChI=1S/C8H14O7/c1-13-8(12)14-3-5-7(11)4(9)2-6(10)15-5/h4-7,9-11H,2-3H2,1H3/t4-,5-,6?,7+/m1/s1. The van der Waals surface area contributed by atoms with E-state index in [2.05, 4.69) is 9.47 Å². The Morgan fingerprint density at radius 2 is 2.13 bits per heavy atom. The Labute approximate surface area is 86.2 Å². The van der Waals surface area contributed by atoms with Gasteiger partial charge in [-0.2, -0.15) is 0 Å². The van der Waals surface area contributed by atoms with Crippen molar-refractivity contribution in [3.05, 3.63) is 0 Å². The number of ether oxygens (including phenoxy) is 3. The number of methoxy groups -OCH3 is 1. The van der Waals surface area contributed by atoms with Gasteiger partial charge in [-0.05, 0) is 0 Å². The second-order valence-electron chi connectivity index (χ2n) is 3.19. The van der Waals surface area contributed by atoms with Crippen LogP contribution in [0.2, 0.25) is 0 Å². The van der Waals surface area contributed by atoms with E-state index in [4.69, 9.17) is 9.84 Å². The molecule has 0 bridgehead atoms. The van der Waals surface area contributed by atoms with Crippen LogP contribution < -0.4 is 0 Å². The van der Waals surface area contributed by atoms with Crippen LogP contribution in [-0.2, 0) is 14.2 Å². The Balaban J connectivity index is 2.41. The van der Waals surface area contributed by atoms with Crippen LogP contribution in [0, 0.1) is 0 Å². The molecule has 0 spiro atoms. The minimum Gasteiger partial charge on any atom is -0.438 e. The molecule has 4 atom stereocenters. The van der Waals surface area contributed by atoms with Crippen LogP contribution in [0.5, 0.6) is 0 Å². The van der Waals surface area contributed by atoms with Crippen molar-refractivity contribution in [3.8, 4) is 0 Å². The molecule has 7 heteroatoms. The van der Waals surface area contributed by atoms with Gasteiger partial charge in [-0.25, -0.2) is 4.79 Å². The molecule has 3 N–H and O–H groups in total. The monoisotopic (exact) mass is 222 g/mol. The van der Waals surface area contributed by atoms with Crippen LogP contribution in [0.25, 0.3) is 0 Å². The molecule has 1 unspecified atom stereocenters. The largest absolute Gasteiger partial charge is 0.508 e. The van der Waals surface area contributed by atoms with Gasteiger partial charge in [-0.1, -0.05) is 0 Å². The average Bonchev–Trinajstić information content (AvgIpc) is 2.20. The first-order chi connectivity index (χ1) is 7.04. The van der Waals surface area contributed by atoms with Gasteiger partial charge in [-0.3, -0.25) is 0 Å². The minimum absolute atomic E-state index is 0.0735. The molecule has 88 valence electrons. The molecule has 0 aliphatic carbocycles. The summed E-state index contributed by atoms with van der Waals surface area (Å²) in [5.41, 5.74) is 0. The summed E-state index contributed by atoms with van der Waals surface area (Å²) >= 11 is 0. The second kappa shape index (κ2) is 5.26. The van der Waals surface area contributed by atoms with Crippen LogP contribution in [0.3, 0.4) is 0 Å². The first-order valence-electron chi connectivity index (χ1n) is 4.45. The third kappa shape index (κ3) is 3.31. The summed E-state index contributed by atoms with van der Waals surface area (Å²) in [6.07, 6.45) is -5.41. The number of aliphatic hydroxyl groups excluding tert-OH is 3. The highest BCUT2D eigenvalue weighted by Gasteiger charge is 2.36. The van der Waals surface area contributed by atoms with Crippen molar-refractivity contribution < 1.29 is 34.3 Å². The summed E-state index contributed by atoms with van der Waals surface area (Å²) in [6.45, 7) is -0.290. The molecule has 1 aliphatic heterocycles. The van der Waals surface area contributed by atoms with Crippen molar-refractivity contribution in [1.29, 1.82) is 0 Å². The number of hydrogen-bond donors (Lipinski definition) is 3. The van der Waals surface area contributed by atoms with Crippen molar-refractivity contribution in [2.45, 2.75) is 31.0 Å². The Bertz CT molecular complexity index is 219. The van der Waals surface area contributed by atoms with Gasteiger partial charge in [-0.15, -0.1) is 0 Å². The molecule has 0 aromatic rings. The fourth-order valence-electron chi connectivity index (χ4n) is 1.28. The number of aliphatic hydroxyl groups is 3. The topological polar surface area (TPSA) is 105 Å². The van der Waals surface area contributed by atoms with Crippen LogP contribution in [0.4, 0.5) is 4.79 Å². The second-order valence-corrected chi connectivity index (χ2v) is 3.19. The Hall–Kier alpha value is -0.890. The van der Waals surface area contributed by atoms with Gasteiger partial charge in [0.1, 0.15) is 18.8 Å². The molecule has 0 aromatic heterocycles. The van der Waals surface area contributed by atoms with Gasteiger partial charge in [0.25, 0.3) is 0 Å². The van der Waals surface area contributed by atoms with Crippen LogP contribution in [0.15, 0.2) is 0 Å². The Morgan fingerprint density at radius 1 is 1.47 bits per heavy atom. The first kappa shape index (κ1) is 12.2. The minimum atomic E-state index is -1.20. The SMILES string of the molecule is COC(=O)OC[C@H]1OC(O)C[C@@H](O)[C@@H]1O. The van der Waals surface area contributed by atoms with E-state index >= 15 is 0 Å². The number of rotatable bonds is 2. The normalized spacial score (nSPS) is 36.0. The third-order valence-electron chi connectivity index (χ3n) is 2.08. The molecule has 7 nitrogen and oxygen atoms in total. The van der Waals surface area contributed by atoms with Gasteiger partial charge in [0.05, 0.1) is 13.2 Å². The van der Waals surface area contributed by atoms with Gasteiger partial charge >= 0.3 is 6.16 Å². The lowest BCUT2D eigenvalue weighted by Gasteiger charge is -2.34. The van der Waals surface area contributed by atoms with Crippen LogP contribution in [-0.4, -0.2) is 59.8 Å². The Morgan fingerprint density at radius 3 is 2.73 bits per heavy atom. The fraction of sp³-hybridized carbons (Fsp3) is 0.875. The van der Waals surface area contributed by atoms with E-state index in [-0.39, 0.29) is 13.0 Å². The summed E-state index contributed by atoms with van der Waals surface area (Å²) in [4.78, 5) is 10.6. The lowest BCUT2D eigenvalue weighted by atomic mass is 10.0. The highest BCUT2D eigenvalue weighted by atomic mass is 16.7. The molecule has 0 saturated carbocycles. The smallest absolute Gasteiger partial charge is 0.438 e. The third-order valence-corrected chi connectivity index (χ3v) is 2.08. The van der Waals surface area contributed by atoms with E-state index in [0.29, 0.717) is 0 Å². The van der Waals surface area contributed by atoms with Gasteiger partial charge in [0.15, 0.2) is 6.29 Å². The molecule has 1 aliphatic rings. The van der Waals surface area contributed by atoms with Crippen molar-refractivity contribution in [2.24, 2.45) is 0 Å². The van der Waals surface area contributed by atoms with E-state index < -0.39 is 30.8 Å². The average molecular weight is 222 g/mol. The van der Waals surface area contributed by atoms with Crippen LogP contribution in [0.1, 0.15) is 6.42 Å². The number of carbonyl (C=O) groups excluding carboxylic acids is 1. The zero-order valence-electron chi connectivity index (χ0n) is 8.20. The molecule has 1 heterocycles. The summed E-state index contributed by atoms with van der Waals surface area (Å²) < 4.78 is 13.6. The van der Waals surface area contributed by atoms with E-state index in [1.54, 1.807) is 0 Å². The maximum Gasteiger partial charge on any atom is 0.508 e. The van der Waals surface area contributed by atoms with Crippen molar-refractivity contribution in [2.75, 3.05) is 13.7 Å². The summed E-state index contributed by atoms with van der Waals surface area (Å²) in [5.74, 6) is 0. The Kier molecular flexibility index (Phi) is 4.28. The zero-order chi connectivity index (χ0) is 11.4. The molecule has 15 heavy (non-hydrogen) atoms.